The summed E-state index contributed by atoms with van der Waals surface area (Å²) in [6.45, 7) is 5.61. The van der Waals surface area contributed by atoms with Gasteiger partial charge in [0.1, 0.15) is 0 Å². The van der Waals surface area contributed by atoms with Crippen LogP contribution in [-0.4, -0.2) is 26.8 Å². The Morgan fingerprint density at radius 3 is 2.71 bits per heavy atom. The maximum atomic E-state index is 5.21. The van der Waals surface area contributed by atoms with Crippen LogP contribution in [0.15, 0.2) is 0 Å². The van der Waals surface area contributed by atoms with Crippen LogP contribution in [0, 0.1) is 17.8 Å². The highest BCUT2D eigenvalue weighted by Gasteiger charge is 2.29. The summed E-state index contributed by atoms with van der Waals surface area (Å²) in [6.07, 6.45) is 8.27. The van der Waals surface area contributed by atoms with Crippen LogP contribution in [0.1, 0.15) is 52.4 Å². The monoisotopic (exact) mass is 241 g/mol. The molecule has 102 valence electrons. The maximum absolute atomic E-state index is 5.21. The second-order valence-electron chi connectivity index (χ2n) is 5.77. The smallest absolute Gasteiger partial charge is 0.0465 e. The van der Waals surface area contributed by atoms with E-state index in [4.69, 9.17) is 4.74 Å². The number of rotatable bonds is 7. The van der Waals surface area contributed by atoms with E-state index in [1.807, 2.05) is 0 Å². The van der Waals surface area contributed by atoms with Gasteiger partial charge in [-0.2, -0.15) is 0 Å². The van der Waals surface area contributed by atoms with Gasteiger partial charge in [0, 0.05) is 19.8 Å². The number of methoxy groups -OCH3 is 1. The first-order valence-corrected chi connectivity index (χ1v) is 7.39. The van der Waals surface area contributed by atoms with Crippen LogP contribution in [0.4, 0.5) is 0 Å². The molecule has 0 aromatic carbocycles. The molecule has 1 aliphatic carbocycles. The number of ether oxygens (including phenoxy) is 1. The molecule has 0 heterocycles. The van der Waals surface area contributed by atoms with E-state index in [0.29, 0.717) is 6.04 Å². The summed E-state index contributed by atoms with van der Waals surface area (Å²) in [5.41, 5.74) is 0. The molecule has 1 saturated carbocycles. The van der Waals surface area contributed by atoms with Crippen molar-refractivity contribution < 1.29 is 4.74 Å². The van der Waals surface area contributed by atoms with Crippen molar-refractivity contribution in [2.24, 2.45) is 17.8 Å². The molecule has 1 aliphatic rings. The second-order valence-corrected chi connectivity index (χ2v) is 5.77. The van der Waals surface area contributed by atoms with E-state index in [1.165, 1.54) is 38.5 Å². The Labute approximate surface area is 108 Å². The summed E-state index contributed by atoms with van der Waals surface area (Å²) in [5, 5.41) is 3.57. The Balaban J connectivity index is 2.47. The highest BCUT2D eigenvalue weighted by molar-refractivity contribution is 4.84. The molecule has 1 N–H and O–H groups in total. The van der Waals surface area contributed by atoms with Crippen molar-refractivity contribution in [1.82, 2.24) is 5.32 Å². The highest BCUT2D eigenvalue weighted by atomic mass is 16.5. The lowest BCUT2D eigenvalue weighted by Crippen LogP contribution is -2.41. The maximum Gasteiger partial charge on any atom is 0.0465 e. The molecule has 0 amide bonds. The van der Waals surface area contributed by atoms with Crippen molar-refractivity contribution >= 4 is 0 Å². The van der Waals surface area contributed by atoms with Crippen molar-refractivity contribution in [3.8, 4) is 0 Å². The first kappa shape index (κ1) is 15.0. The van der Waals surface area contributed by atoms with Gasteiger partial charge < -0.3 is 10.1 Å². The molecule has 17 heavy (non-hydrogen) atoms. The Morgan fingerprint density at radius 2 is 2.12 bits per heavy atom. The van der Waals surface area contributed by atoms with Crippen LogP contribution in [-0.2, 0) is 4.74 Å². The summed E-state index contributed by atoms with van der Waals surface area (Å²) < 4.78 is 5.21. The van der Waals surface area contributed by atoms with Crippen molar-refractivity contribution in [2.75, 3.05) is 20.8 Å². The Kier molecular flexibility index (Phi) is 7.14. The third-order valence-electron chi connectivity index (χ3n) is 4.63. The summed E-state index contributed by atoms with van der Waals surface area (Å²) >= 11 is 0. The predicted molar refractivity (Wildman–Crippen MR) is 74.2 cm³/mol. The summed E-state index contributed by atoms with van der Waals surface area (Å²) in [7, 11) is 3.93. The van der Waals surface area contributed by atoms with Crippen LogP contribution < -0.4 is 5.32 Å². The zero-order valence-corrected chi connectivity index (χ0v) is 12.2. The SMILES string of the molecule is CCC1CCCC(C(NC)C(C)CCOC)C1. The van der Waals surface area contributed by atoms with Crippen molar-refractivity contribution in [3.63, 3.8) is 0 Å². The zero-order chi connectivity index (χ0) is 12.7. The normalized spacial score (nSPS) is 28.9. The first-order valence-electron chi connectivity index (χ1n) is 7.39. The molecule has 4 atom stereocenters. The van der Waals surface area contributed by atoms with E-state index in [9.17, 15) is 0 Å². The molecule has 0 radical (unpaired) electrons. The van der Waals surface area contributed by atoms with E-state index < -0.39 is 0 Å². The summed E-state index contributed by atoms with van der Waals surface area (Å²) in [5.74, 6) is 2.57. The second kappa shape index (κ2) is 8.10. The average Bonchev–Trinajstić information content (AvgIpc) is 2.37. The van der Waals surface area contributed by atoms with Crippen molar-refractivity contribution in [3.05, 3.63) is 0 Å². The molecule has 0 aromatic heterocycles. The topological polar surface area (TPSA) is 21.3 Å². The summed E-state index contributed by atoms with van der Waals surface area (Å²) in [4.78, 5) is 0. The molecule has 1 fully saturated rings. The van der Waals surface area contributed by atoms with E-state index in [-0.39, 0.29) is 0 Å². The van der Waals surface area contributed by atoms with Crippen LogP contribution in [0.2, 0.25) is 0 Å². The lowest BCUT2D eigenvalue weighted by Gasteiger charge is -2.37. The average molecular weight is 241 g/mol. The minimum atomic E-state index is 0.680. The lowest BCUT2D eigenvalue weighted by atomic mass is 9.73. The number of hydrogen-bond acceptors (Lipinski definition) is 2. The third-order valence-corrected chi connectivity index (χ3v) is 4.63. The van der Waals surface area contributed by atoms with Crippen molar-refractivity contribution in [2.45, 2.75) is 58.4 Å². The van der Waals surface area contributed by atoms with Gasteiger partial charge in [-0.3, -0.25) is 0 Å². The first-order chi connectivity index (χ1) is 8.22. The molecule has 0 bridgehead atoms. The number of nitrogens with one attached hydrogen (secondary N) is 1. The standard InChI is InChI=1S/C15H31NO/c1-5-13-7-6-8-14(11-13)15(16-3)12(2)9-10-17-4/h12-16H,5-11H2,1-4H3. The van der Waals surface area contributed by atoms with Gasteiger partial charge in [-0.25, -0.2) is 0 Å². The Morgan fingerprint density at radius 1 is 1.35 bits per heavy atom. The molecule has 0 saturated heterocycles. The van der Waals surface area contributed by atoms with E-state index >= 15 is 0 Å². The largest absolute Gasteiger partial charge is 0.385 e. The molecule has 0 aromatic rings. The molecule has 2 nitrogen and oxygen atoms in total. The van der Waals surface area contributed by atoms with Gasteiger partial charge in [-0.05, 0) is 44.1 Å². The van der Waals surface area contributed by atoms with Gasteiger partial charge in [0.05, 0.1) is 0 Å². The lowest BCUT2D eigenvalue weighted by molar-refractivity contribution is 0.138. The minimum absolute atomic E-state index is 0.680. The van der Waals surface area contributed by atoms with Gasteiger partial charge in [0.25, 0.3) is 0 Å². The predicted octanol–water partition coefficient (Wildman–Crippen LogP) is 3.46. The van der Waals surface area contributed by atoms with Crippen LogP contribution in [0.3, 0.4) is 0 Å². The van der Waals surface area contributed by atoms with Gasteiger partial charge >= 0.3 is 0 Å². The van der Waals surface area contributed by atoms with E-state index in [0.717, 1.165) is 24.4 Å². The molecule has 1 rings (SSSR count). The molecule has 4 unspecified atom stereocenters. The summed E-state index contributed by atoms with van der Waals surface area (Å²) in [6, 6.07) is 0.680. The quantitative estimate of drug-likeness (QED) is 0.737. The zero-order valence-electron chi connectivity index (χ0n) is 12.2. The van der Waals surface area contributed by atoms with Gasteiger partial charge in [0.2, 0.25) is 0 Å². The van der Waals surface area contributed by atoms with Gasteiger partial charge in [-0.15, -0.1) is 0 Å². The van der Waals surface area contributed by atoms with E-state index in [2.05, 4.69) is 26.2 Å². The molecule has 0 spiro atoms. The van der Waals surface area contributed by atoms with Crippen LogP contribution in [0.25, 0.3) is 0 Å². The molecular formula is C15H31NO. The Hall–Kier alpha value is -0.0800. The van der Waals surface area contributed by atoms with Gasteiger partial charge in [-0.1, -0.05) is 33.1 Å². The molecule has 0 aliphatic heterocycles. The van der Waals surface area contributed by atoms with Crippen LogP contribution in [0.5, 0.6) is 0 Å². The molecular weight excluding hydrogens is 210 g/mol. The fourth-order valence-corrected chi connectivity index (χ4v) is 3.50. The van der Waals surface area contributed by atoms with Crippen molar-refractivity contribution in [1.29, 1.82) is 0 Å². The fourth-order valence-electron chi connectivity index (χ4n) is 3.50. The van der Waals surface area contributed by atoms with Crippen LogP contribution >= 0.6 is 0 Å². The Bertz CT molecular complexity index is 195. The molecule has 2 heteroatoms. The van der Waals surface area contributed by atoms with Gasteiger partial charge in [0.15, 0.2) is 0 Å². The minimum Gasteiger partial charge on any atom is -0.385 e. The highest BCUT2D eigenvalue weighted by Crippen LogP contribution is 2.35. The van der Waals surface area contributed by atoms with E-state index in [1.54, 1.807) is 7.11 Å². The fraction of sp³-hybridized carbons (Fsp3) is 1.00. The third kappa shape index (κ3) is 4.59. The number of hydrogen-bond donors (Lipinski definition) is 1.